The van der Waals surface area contributed by atoms with Crippen molar-refractivity contribution in [3.05, 3.63) is 28.8 Å². The van der Waals surface area contributed by atoms with Gasteiger partial charge in [0, 0.05) is 5.69 Å². The number of benzene rings is 1. The fraction of sp³-hybridized carbons (Fsp3) is 0.300. The lowest BCUT2D eigenvalue weighted by Crippen LogP contribution is -2.20. The Morgan fingerprint density at radius 3 is 2.53 bits per heavy atom. The Balaban J connectivity index is 3.01. The van der Waals surface area contributed by atoms with Crippen molar-refractivity contribution in [3.8, 4) is 0 Å². The van der Waals surface area contributed by atoms with Gasteiger partial charge in [0.25, 0.3) is 0 Å². The van der Waals surface area contributed by atoms with E-state index in [4.69, 9.17) is 11.6 Å². The molecule has 0 saturated heterocycles. The Hall–Kier alpha value is -0.880. The summed E-state index contributed by atoms with van der Waals surface area (Å²) in [4.78, 5) is 11.3. The minimum Gasteiger partial charge on any atom is -0.325 e. The first kappa shape index (κ1) is 14.2. The van der Waals surface area contributed by atoms with E-state index in [0.29, 0.717) is 0 Å². The second-order valence-electron chi connectivity index (χ2n) is 3.36. The molecule has 1 unspecified atom stereocenters. The molecule has 1 rings (SSSR count). The highest BCUT2D eigenvalue weighted by Crippen LogP contribution is 2.36. The van der Waals surface area contributed by atoms with Crippen LogP contribution in [0.25, 0.3) is 0 Å². The van der Waals surface area contributed by atoms with E-state index in [1.165, 1.54) is 13.0 Å². The molecule has 0 heterocycles. The van der Waals surface area contributed by atoms with Gasteiger partial charge in [-0.3, -0.25) is 4.79 Å². The van der Waals surface area contributed by atoms with E-state index in [1.807, 2.05) is 0 Å². The molecule has 7 heteroatoms. The average Bonchev–Trinajstić information content (AvgIpc) is 2.19. The summed E-state index contributed by atoms with van der Waals surface area (Å²) in [7, 11) is 0. The molecule has 0 bridgehead atoms. The molecule has 0 aliphatic rings. The van der Waals surface area contributed by atoms with Gasteiger partial charge in [-0.15, -0.1) is 0 Å². The van der Waals surface area contributed by atoms with Gasteiger partial charge in [-0.05, 0) is 25.1 Å². The second-order valence-corrected chi connectivity index (χ2v) is 4.54. The van der Waals surface area contributed by atoms with Crippen molar-refractivity contribution in [3.63, 3.8) is 0 Å². The van der Waals surface area contributed by atoms with Crippen molar-refractivity contribution >= 4 is 35.8 Å². The number of alkyl halides is 3. The number of thiol groups is 1. The fourth-order valence-electron chi connectivity index (χ4n) is 1.07. The molecule has 1 aromatic rings. The first-order valence-electron chi connectivity index (χ1n) is 4.57. The van der Waals surface area contributed by atoms with E-state index in [-0.39, 0.29) is 5.69 Å². The molecule has 0 spiro atoms. The van der Waals surface area contributed by atoms with Crippen molar-refractivity contribution in [1.82, 2.24) is 0 Å². The average molecular weight is 284 g/mol. The quantitative estimate of drug-likeness (QED) is 0.798. The topological polar surface area (TPSA) is 29.1 Å². The molecule has 0 aliphatic heterocycles. The molecule has 1 atom stereocenters. The van der Waals surface area contributed by atoms with Crippen molar-refractivity contribution in [2.45, 2.75) is 18.3 Å². The summed E-state index contributed by atoms with van der Waals surface area (Å²) in [5, 5.41) is 1.29. The van der Waals surface area contributed by atoms with E-state index in [1.54, 1.807) is 0 Å². The summed E-state index contributed by atoms with van der Waals surface area (Å²) in [6.45, 7) is 1.51. The van der Waals surface area contributed by atoms with Crippen LogP contribution in [-0.2, 0) is 11.0 Å². The zero-order chi connectivity index (χ0) is 13.2. The molecule has 17 heavy (non-hydrogen) atoms. The largest absolute Gasteiger partial charge is 0.417 e. The Kier molecular flexibility index (Phi) is 4.32. The molecule has 94 valence electrons. The molecule has 2 nitrogen and oxygen atoms in total. The minimum absolute atomic E-state index is 0.0348. The van der Waals surface area contributed by atoms with Crippen LogP contribution in [-0.4, -0.2) is 11.2 Å². The molecule has 1 N–H and O–H groups in total. The maximum Gasteiger partial charge on any atom is 0.417 e. The van der Waals surface area contributed by atoms with Crippen molar-refractivity contribution in [2.75, 3.05) is 5.32 Å². The monoisotopic (exact) mass is 283 g/mol. The van der Waals surface area contributed by atoms with Crippen LogP contribution in [0.2, 0.25) is 5.02 Å². The van der Waals surface area contributed by atoms with Gasteiger partial charge in [0.05, 0.1) is 15.8 Å². The lowest BCUT2D eigenvalue weighted by atomic mass is 10.2. The molecule has 1 amide bonds. The van der Waals surface area contributed by atoms with E-state index < -0.39 is 27.9 Å². The molecule has 0 aliphatic carbocycles. The first-order valence-corrected chi connectivity index (χ1v) is 5.47. The van der Waals surface area contributed by atoms with Gasteiger partial charge in [-0.25, -0.2) is 0 Å². The number of hydrogen-bond acceptors (Lipinski definition) is 2. The number of halogens is 4. The van der Waals surface area contributed by atoms with Crippen LogP contribution in [0.3, 0.4) is 0 Å². The highest BCUT2D eigenvalue weighted by molar-refractivity contribution is 7.81. The van der Waals surface area contributed by atoms with Gasteiger partial charge in [0.2, 0.25) is 5.91 Å². The summed E-state index contributed by atoms with van der Waals surface area (Å²) in [6, 6.07) is 3.17. The Labute approximate surface area is 107 Å². The summed E-state index contributed by atoms with van der Waals surface area (Å²) in [6.07, 6.45) is -4.55. The fourth-order valence-corrected chi connectivity index (χ4v) is 1.36. The SMILES string of the molecule is CC(S)C(=O)Nc1ccc(Cl)c(C(F)(F)F)c1. The van der Waals surface area contributed by atoms with Gasteiger partial charge < -0.3 is 5.32 Å². The van der Waals surface area contributed by atoms with E-state index in [2.05, 4.69) is 17.9 Å². The summed E-state index contributed by atoms with van der Waals surface area (Å²) >= 11 is 9.30. The Morgan fingerprint density at radius 2 is 2.06 bits per heavy atom. The highest BCUT2D eigenvalue weighted by Gasteiger charge is 2.33. The first-order chi connectivity index (χ1) is 7.71. The lowest BCUT2D eigenvalue weighted by molar-refractivity contribution is -0.137. The van der Waals surface area contributed by atoms with Crippen molar-refractivity contribution in [2.24, 2.45) is 0 Å². The third-order valence-electron chi connectivity index (χ3n) is 1.92. The maximum absolute atomic E-state index is 12.5. The summed E-state index contributed by atoms with van der Waals surface area (Å²) < 4.78 is 37.5. The van der Waals surface area contributed by atoms with Crippen LogP contribution in [0.4, 0.5) is 18.9 Å². The normalized spacial score (nSPS) is 13.3. The van der Waals surface area contributed by atoms with Gasteiger partial charge in [-0.2, -0.15) is 25.8 Å². The summed E-state index contributed by atoms with van der Waals surface area (Å²) in [5.74, 6) is -0.483. The number of carbonyl (C=O) groups is 1. The Morgan fingerprint density at radius 1 is 1.47 bits per heavy atom. The van der Waals surface area contributed by atoms with Gasteiger partial charge >= 0.3 is 6.18 Å². The minimum atomic E-state index is -4.55. The van der Waals surface area contributed by atoms with Crippen LogP contribution >= 0.6 is 24.2 Å². The number of hydrogen-bond donors (Lipinski definition) is 2. The molecular weight excluding hydrogens is 275 g/mol. The van der Waals surface area contributed by atoms with Gasteiger partial charge in [0.1, 0.15) is 0 Å². The van der Waals surface area contributed by atoms with Gasteiger partial charge in [-0.1, -0.05) is 11.6 Å². The van der Waals surface area contributed by atoms with E-state index >= 15 is 0 Å². The van der Waals surface area contributed by atoms with Crippen molar-refractivity contribution < 1.29 is 18.0 Å². The van der Waals surface area contributed by atoms with E-state index in [0.717, 1.165) is 12.1 Å². The molecule has 0 saturated carbocycles. The highest BCUT2D eigenvalue weighted by atomic mass is 35.5. The lowest BCUT2D eigenvalue weighted by Gasteiger charge is -2.12. The molecular formula is C10H9ClF3NOS. The van der Waals surface area contributed by atoms with Gasteiger partial charge in [0.15, 0.2) is 0 Å². The van der Waals surface area contributed by atoms with Crippen LogP contribution in [0.5, 0.6) is 0 Å². The molecule has 0 aromatic heterocycles. The summed E-state index contributed by atoms with van der Waals surface area (Å²) in [5.41, 5.74) is -0.948. The smallest absolute Gasteiger partial charge is 0.325 e. The third kappa shape index (κ3) is 3.81. The van der Waals surface area contributed by atoms with Crippen molar-refractivity contribution in [1.29, 1.82) is 0 Å². The second kappa shape index (κ2) is 5.18. The zero-order valence-corrected chi connectivity index (χ0v) is 10.3. The zero-order valence-electron chi connectivity index (χ0n) is 8.68. The number of rotatable bonds is 2. The molecule has 0 radical (unpaired) electrons. The maximum atomic E-state index is 12.5. The number of anilines is 1. The molecule has 1 aromatic carbocycles. The molecule has 0 fully saturated rings. The van der Waals surface area contributed by atoms with E-state index in [9.17, 15) is 18.0 Å². The van der Waals surface area contributed by atoms with Crippen LogP contribution in [0.1, 0.15) is 12.5 Å². The standard InChI is InChI=1S/C10H9ClF3NOS/c1-5(17)9(16)15-6-2-3-8(11)7(4-6)10(12,13)14/h2-5,17H,1H3,(H,15,16). The van der Waals surface area contributed by atoms with Crippen LogP contribution in [0, 0.1) is 0 Å². The predicted molar refractivity (Wildman–Crippen MR) is 63.5 cm³/mol. The number of carbonyl (C=O) groups excluding carboxylic acids is 1. The third-order valence-corrected chi connectivity index (χ3v) is 2.48. The van der Waals surface area contributed by atoms with Crippen LogP contribution < -0.4 is 5.32 Å². The predicted octanol–water partition coefficient (Wildman–Crippen LogP) is 3.62. The van der Waals surface area contributed by atoms with Crippen LogP contribution in [0.15, 0.2) is 18.2 Å². The number of nitrogens with one attached hydrogen (secondary N) is 1. The Bertz CT molecular complexity index is 434. The number of amides is 1.